The SMILES string of the molecule is C=C(CC)c1ccc2c(N(Cc3ccc(-c4ccc(CC)c(C)c4)cc3)C(=C)C3CCCCC3)nccc2c1.CC. The lowest BCUT2D eigenvalue weighted by atomic mass is 9.86. The molecule has 0 radical (unpaired) electrons. The van der Waals surface area contributed by atoms with E-state index in [9.17, 15) is 0 Å². The Morgan fingerprint density at radius 3 is 2.22 bits per heavy atom. The fourth-order valence-corrected chi connectivity index (χ4v) is 6.03. The van der Waals surface area contributed by atoms with Crippen molar-refractivity contribution >= 4 is 22.2 Å². The molecule has 0 atom stereocenters. The quantitative estimate of drug-likeness (QED) is 0.208. The van der Waals surface area contributed by atoms with Gasteiger partial charge in [0.05, 0.1) is 0 Å². The molecule has 2 heteroatoms. The van der Waals surface area contributed by atoms with Crippen molar-refractivity contribution in [2.75, 3.05) is 4.90 Å². The van der Waals surface area contributed by atoms with Crippen LogP contribution in [-0.2, 0) is 13.0 Å². The van der Waals surface area contributed by atoms with Gasteiger partial charge in [-0.2, -0.15) is 0 Å². The topological polar surface area (TPSA) is 16.1 Å². The first-order valence-corrected chi connectivity index (χ1v) is 15.7. The summed E-state index contributed by atoms with van der Waals surface area (Å²) in [5.74, 6) is 1.51. The molecular weight excluding hydrogens is 496 g/mol. The number of hydrogen-bond acceptors (Lipinski definition) is 2. The monoisotopic (exact) mass is 544 g/mol. The molecule has 5 rings (SSSR count). The first-order chi connectivity index (χ1) is 20.0. The van der Waals surface area contributed by atoms with Crippen molar-refractivity contribution in [3.63, 3.8) is 0 Å². The van der Waals surface area contributed by atoms with E-state index in [4.69, 9.17) is 4.98 Å². The number of aromatic nitrogens is 1. The Morgan fingerprint density at radius 1 is 0.854 bits per heavy atom. The molecule has 4 aromatic rings. The van der Waals surface area contributed by atoms with Crippen LogP contribution in [0.1, 0.15) is 88.5 Å². The molecule has 2 nitrogen and oxygen atoms in total. The molecule has 1 heterocycles. The molecule has 0 unspecified atom stereocenters. The van der Waals surface area contributed by atoms with Gasteiger partial charge in [0.2, 0.25) is 0 Å². The minimum absolute atomic E-state index is 0.509. The zero-order valence-corrected chi connectivity index (χ0v) is 26.0. The van der Waals surface area contributed by atoms with Crippen molar-refractivity contribution in [3.8, 4) is 11.1 Å². The third-order valence-electron chi connectivity index (χ3n) is 8.61. The zero-order chi connectivity index (χ0) is 29.4. The van der Waals surface area contributed by atoms with Gasteiger partial charge in [-0.3, -0.25) is 0 Å². The maximum atomic E-state index is 4.95. The molecule has 1 saturated carbocycles. The van der Waals surface area contributed by atoms with Gasteiger partial charge in [-0.1, -0.05) is 115 Å². The van der Waals surface area contributed by atoms with Crippen LogP contribution >= 0.6 is 0 Å². The van der Waals surface area contributed by atoms with Crippen LogP contribution in [0.3, 0.4) is 0 Å². The summed E-state index contributed by atoms with van der Waals surface area (Å²) in [5.41, 5.74) is 10.2. The van der Waals surface area contributed by atoms with Crippen molar-refractivity contribution < 1.29 is 0 Å². The van der Waals surface area contributed by atoms with Crippen molar-refractivity contribution in [1.29, 1.82) is 0 Å². The highest BCUT2D eigenvalue weighted by atomic mass is 15.2. The van der Waals surface area contributed by atoms with Crippen molar-refractivity contribution in [1.82, 2.24) is 4.98 Å². The van der Waals surface area contributed by atoms with E-state index in [-0.39, 0.29) is 0 Å². The van der Waals surface area contributed by atoms with Crippen LogP contribution in [0, 0.1) is 12.8 Å². The second-order valence-corrected chi connectivity index (χ2v) is 11.1. The van der Waals surface area contributed by atoms with E-state index < -0.39 is 0 Å². The molecule has 3 aromatic carbocycles. The molecule has 1 fully saturated rings. The number of anilines is 1. The zero-order valence-electron chi connectivity index (χ0n) is 26.0. The van der Waals surface area contributed by atoms with Crippen molar-refractivity contribution in [2.24, 2.45) is 5.92 Å². The van der Waals surface area contributed by atoms with Crippen LogP contribution in [0.25, 0.3) is 27.5 Å². The van der Waals surface area contributed by atoms with Gasteiger partial charge in [0.25, 0.3) is 0 Å². The first kappa shape index (κ1) is 30.3. The molecule has 1 aliphatic rings. The molecule has 0 spiro atoms. The molecular formula is C39H48N2. The minimum atomic E-state index is 0.509. The van der Waals surface area contributed by atoms with E-state index >= 15 is 0 Å². The van der Waals surface area contributed by atoms with E-state index in [0.29, 0.717) is 5.92 Å². The maximum absolute atomic E-state index is 4.95. The number of aryl methyl sites for hydroxylation is 2. The van der Waals surface area contributed by atoms with Gasteiger partial charge < -0.3 is 4.90 Å². The van der Waals surface area contributed by atoms with E-state index in [1.54, 1.807) is 0 Å². The van der Waals surface area contributed by atoms with Gasteiger partial charge >= 0.3 is 0 Å². The summed E-state index contributed by atoms with van der Waals surface area (Å²) in [7, 11) is 0. The summed E-state index contributed by atoms with van der Waals surface area (Å²) in [5, 5.41) is 2.38. The predicted molar refractivity (Wildman–Crippen MR) is 180 cm³/mol. The normalized spacial score (nSPS) is 13.4. The van der Waals surface area contributed by atoms with E-state index in [1.165, 1.54) is 87.5 Å². The molecule has 1 aromatic heterocycles. The van der Waals surface area contributed by atoms with Crippen LogP contribution < -0.4 is 4.90 Å². The Morgan fingerprint density at radius 2 is 1.56 bits per heavy atom. The minimum Gasteiger partial charge on any atom is -0.326 e. The molecule has 0 saturated heterocycles. The van der Waals surface area contributed by atoms with Gasteiger partial charge in [0.1, 0.15) is 5.82 Å². The Balaban J connectivity index is 0.00000189. The molecule has 1 aliphatic carbocycles. The number of pyridine rings is 1. The number of rotatable bonds is 9. The van der Waals surface area contributed by atoms with Crippen molar-refractivity contribution in [2.45, 2.75) is 86.1 Å². The molecule has 0 N–H and O–H groups in total. The fourth-order valence-electron chi connectivity index (χ4n) is 6.03. The summed E-state index contributed by atoms with van der Waals surface area (Å²) < 4.78 is 0. The maximum Gasteiger partial charge on any atom is 0.140 e. The van der Waals surface area contributed by atoms with Gasteiger partial charge in [0, 0.05) is 23.8 Å². The van der Waals surface area contributed by atoms with E-state index in [0.717, 1.165) is 25.2 Å². The Kier molecular flexibility index (Phi) is 10.6. The molecule has 0 bridgehead atoms. The summed E-state index contributed by atoms with van der Waals surface area (Å²) >= 11 is 0. The highest BCUT2D eigenvalue weighted by molar-refractivity contribution is 5.94. The Labute approximate surface area is 248 Å². The number of benzene rings is 3. The lowest BCUT2D eigenvalue weighted by Crippen LogP contribution is -2.28. The average Bonchev–Trinajstić information content (AvgIpc) is 3.04. The van der Waals surface area contributed by atoms with Crippen LogP contribution in [-0.4, -0.2) is 4.98 Å². The predicted octanol–water partition coefficient (Wildman–Crippen LogP) is 11.3. The Bertz CT molecular complexity index is 1470. The summed E-state index contributed by atoms with van der Waals surface area (Å²) in [6.07, 6.45) is 10.3. The average molecular weight is 545 g/mol. The van der Waals surface area contributed by atoms with Crippen LogP contribution in [0.15, 0.2) is 91.8 Å². The molecule has 0 aliphatic heterocycles. The third-order valence-corrected chi connectivity index (χ3v) is 8.61. The second kappa shape index (κ2) is 14.3. The van der Waals surface area contributed by atoms with Crippen molar-refractivity contribution in [3.05, 3.63) is 114 Å². The lowest BCUT2D eigenvalue weighted by Gasteiger charge is -2.34. The second-order valence-electron chi connectivity index (χ2n) is 11.1. The third kappa shape index (κ3) is 6.99. The van der Waals surface area contributed by atoms with Gasteiger partial charge in [-0.25, -0.2) is 4.98 Å². The summed E-state index contributed by atoms with van der Waals surface area (Å²) in [6.45, 7) is 20.3. The number of allylic oxidation sites excluding steroid dienone is 2. The van der Waals surface area contributed by atoms with E-state index in [1.807, 2.05) is 20.0 Å². The summed E-state index contributed by atoms with van der Waals surface area (Å²) in [4.78, 5) is 7.34. The smallest absolute Gasteiger partial charge is 0.140 e. The summed E-state index contributed by atoms with van der Waals surface area (Å²) in [6, 6.07) is 24.7. The van der Waals surface area contributed by atoms with Gasteiger partial charge in [-0.05, 0) is 95.0 Å². The molecule has 0 amide bonds. The molecule has 41 heavy (non-hydrogen) atoms. The van der Waals surface area contributed by atoms with Crippen LogP contribution in [0.5, 0.6) is 0 Å². The standard InChI is InChI=1S/C37H42N2.C2H6/c1-6-26(3)33-19-20-36-35(24-33)21-22-38-37(36)39(28(5)31-11-9-8-10-12-31)25-29-13-15-32(16-14-29)34-18-17-30(7-2)27(4)23-34;1-2/h13-24,31H,3,5-12,25H2,1-2,4H3;1-2H3. The number of hydrogen-bond donors (Lipinski definition) is 0. The fraction of sp³-hybridized carbons (Fsp3) is 0.359. The van der Waals surface area contributed by atoms with Crippen LogP contribution in [0.2, 0.25) is 0 Å². The number of fused-ring (bicyclic) bond motifs is 1. The largest absolute Gasteiger partial charge is 0.326 e. The van der Waals surface area contributed by atoms with Crippen LogP contribution in [0.4, 0.5) is 5.82 Å². The van der Waals surface area contributed by atoms with Gasteiger partial charge in [-0.15, -0.1) is 0 Å². The number of nitrogens with zero attached hydrogens (tertiary/aromatic N) is 2. The highest BCUT2D eigenvalue weighted by Gasteiger charge is 2.24. The van der Waals surface area contributed by atoms with Gasteiger partial charge in [0.15, 0.2) is 0 Å². The Hall–Kier alpha value is -3.65. The lowest BCUT2D eigenvalue weighted by molar-refractivity contribution is 0.395. The molecule has 214 valence electrons. The first-order valence-electron chi connectivity index (χ1n) is 15.7. The highest BCUT2D eigenvalue weighted by Crippen LogP contribution is 2.37. The van der Waals surface area contributed by atoms with E-state index in [2.05, 4.69) is 106 Å².